The van der Waals surface area contributed by atoms with Gasteiger partial charge in [0.2, 0.25) is 16.6 Å². The van der Waals surface area contributed by atoms with Gasteiger partial charge in [-0.25, -0.2) is 4.79 Å². The third-order valence-electron chi connectivity index (χ3n) is 2.42. The van der Waals surface area contributed by atoms with E-state index in [2.05, 4.69) is 19.6 Å². The van der Waals surface area contributed by atoms with Crippen LogP contribution in [0.2, 0.25) is 39.3 Å². The van der Waals surface area contributed by atoms with Crippen molar-refractivity contribution in [2.24, 2.45) is 0 Å². The molecule has 22 heavy (non-hydrogen) atoms. The summed E-state index contributed by atoms with van der Waals surface area (Å²) in [6.45, 7) is 12.3. The molecule has 0 aromatic heterocycles. The molecule has 1 aromatic rings. The van der Waals surface area contributed by atoms with Crippen molar-refractivity contribution >= 4 is 28.7 Å². The van der Waals surface area contributed by atoms with E-state index >= 15 is 0 Å². The molecule has 0 fully saturated rings. The highest BCUT2D eigenvalue weighted by Gasteiger charge is 2.19. The lowest BCUT2D eigenvalue weighted by Crippen LogP contribution is -2.29. The summed E-state index contributed by atoms with van der Waals surface area (Å²) >= 11 is 0. The zero-order valence-electron chi connectivity index (χ0n) is 14.5. The van der Waals surface area contributed by atoms with Crippen molar-refractivity contribution in [3.05, 3.63) is 29.8 Å². The molecule has 1 rings (SSSR count). The van der Waals surface area contributed by atoms with E-state index in [1.54, 1.807) is 13.2 Å². The van der Waals surface area contributed by atoms with Crippen LogP contribution < -0.4 is 9.16 Å². The zero-order chi connectivity index (χ0) is 17.0. The lowest BCUT2D eigenvalue weighted by Gasteiger charge is -2.21. The normalized spacial score (nSPS) is 12.3. The molecule has 0 saturated heterocycles. The largest absolute Gasteiger partial charge is 0.542 e. The van der Waals surface area contributed by atoms with Gasteiger partial charge in [-0.2, -0.15) is 0 Å². The van der Waals surface area contributed by atoms with E-state index in [0.29, 0.717) is 5.75 Å². The van der Waals surface area contributed by atoms with Gasteiger partial charge in [0.15, 0.2) is 5.75 Å². The molecule has 4 nitrogen and oxygen atoms in total. The first kappa shape index (κ1) is 18.5. The number of hydrogen-bond acceptors (Lipinski definition) is 4. The molecule has 0 atom stereocenters. The van der Waals surface area contributed by atoms with Crippen LogP contribution in [0.4, 0.5) is 0 Å². The maximum Gasteiger partial charge on any atom is 0.317 e. The molecule has 6 heteroatoms. The first-order chi connectivity index (χ1) is 10.00. The Kier molecular flexibility index (Phi) is 6.02. The van der Waals surface area contributed by atoms with Gasteiger partial charge in [0, 0.05) is 6.08 Å². The second kappa shape index (κ2) is 7.15. The second-order valence-corrected chi connectivity index (χ2v) is 15.8. The number of rotatable bonds is 6. The third-order valence-corrected chi connectivity index (χ3v) is 4.07. The highest BCUT2D eigenvalue weighted by Crippen LogP contribution is 2.30. The molecule has 1 aromatic carbocycles. The number of benzene rings is 1. The first-order valence-corrected chi connectivity index (χ1v) is 14.1. The van der Waals surface area contributed by atoms with E-state index in [9.17, 15) is 4.79 Å². The van der Waals surface area contributed by atoms with Crippen LogP contribution in [-0.4, -0.2) is 29.7 Å². The number of methoxy groups -OCH3 is 1. The molecule has 122 valence electrons. The number of carbonyl (C=O) groups excluding carboxylic acids is 1. The molecule has 0 heterocycles. The summed E-state index contributed by atoms with van der Waals surface area (Å²) < 4.78 is 16.7. The van der Waals surface area contributed by atoms with Crippen LogP contribution in [0.25, 0.3) is 6.08 Å². The topological polar surface area (TPSA) is 44.8 Å². The van der Waals surface area contributed by atoms with Crippen molar-refractivity contribution in [1.82, 2.24) is 0 Å². The summed E-state index contributed by atoms with van der Waals surface area (Å²) in [4.78, 5) is 11.7. The molecular weight excluding hydrogens is 312 g/mol. The standard InChI is InChI=1S/C16H26O4Si2/c1-18-15-12-13(8-10-14(15)19-21(2,3)4)9-11-16(17)20-22(5,6)7/h8-12H,1-7H3/b11-9+. The van der Waals surface area contributed by atoms with Crippen LogP contribution in [0, 0.1) is 0 Å². The summed E-state index contributed by atoms with van der Waals surface area (Å²) in [5, 5.41) is 0. The van der Waals surface area contributed by atoms with E-state index in [1.807, 2.05) is 37.8 Å². The minimum Gasteiger partial charge on any atom is -0.542 e. The zero-order valence-corrected chi connectivity index (χ0v) is 16.5. The number of hydrogen-bond donors (Lipinski definition) is 0. The summed E-state index contributed by atoms with van der Waals surface area (Å²) in [6.07, 6.45) is 3.18. The predicted molar refractivity (Wildman–Crippen MR) is 95.4 cm³/mol. The summed E-state index contributed by atoms with van der Waals surface area (Å²) in [5.41, 5.74) is 0.868. The van der Waals surface area contributed by atoms with Crippen LogP contribution in [0.15, 0.2) is 24.3 Å². The predicted octanol–water partition coefficient (Wildman–Crippen LogP) is 4.30. The molecular formula is C16H26O4Si2. The number of ether oxygens (including phenoxy) is 1. The van der Waals surface area contributed by atoms with E-state index in [4.69, 9.17) is 13.6 Å². The summed E-state index contributed by atoms with van der Waals surface area (Å²) in [7, 11) is -1.94. The van der Waals surface area contributed by atoms with E-state index in [0.717, 1.165) is 11.3 Å². The van der Waals surface area contributed by atoms with Gasteiger partial charge >= 0.3 is 5.97 Å². The first-order valence-electron chi connectivity index (χ1n) is 7.28. The van der Waals surface area contributed by atoms with Crippen LogP contribution in [0.3, 0.4) is 0 Å². The average Bonchev–Trinajstić information content (AvgIpc) is 2.33. The van der Waals surface area contributed by atoms with Crippen molar-refractivity contribution in [3.63, 3.8) is 0 Å². The minimum absolute atomic E-state index is 0.305. The Balaban J connectivity index is 2.88. The second-order valence-electron chi connectivity index (χ2n) is 6.99. The Labute approximate surface area is 135 Å². The lowest BCUT2D eigenvalue weighted by molar-refractivity contribution is -0.129. The fourth-order valence-electron chi connectivity index (χ4n) is 1.70. The van der Waals surface area contributed by atoms with Gasteiger partial charge in [0.1, 0.15) is 5.75 Å². The van der Waals surface area contributed by atoms with E-state index in [-0.39, 0.29) is 5.97 Å². The Morgan fingerprint density at radius 2 is 1.64 bits per heavy atom. The highest BCUT2D eigenvalue weighted by molar-refractivity contribution is 6.71. The van der Waals surface area contributed by atoms with Gasteiger partial charge in [-0.1, -0.05) is 6.07 Å². The fraction of sp³-hybridized carbons (Fsp3) is 0.438. The summed E-state index contributed by atoms with van der Waals surface area (Å²) in [5.74, 6) is 1.10. The summed E-state index contributed by atoms with van der Waals surface area (Å²) in [6, 6.07) is 5.63. The molecule has 0 N–H and O–H groups in total. The highest BCUT2D eigenvalue weighted by atomic mass is 28.4. The molecule has 0 aliphatic heterocycles. The maximum absolute atomic E-state index is 11.7. The van der Waals surface area contributed by atoms with Crippen molar-refractivity contribution in [3.8, 4) is 11.5 Å². The van der Waals surface area contributed by atoms with Crippen LogP contribution in [-0.2, 0) is 9.22 Å². The molecule has 0 aliphatic carbocycles. The number of carbonyl (C=O) groups is 1. The van der Waals surface area contributed by atoms with Gasteiger partial charge in [-0.05, 0) is 63.1 Å². The SMILES string of the molecule is COc1cc(/C=C/C(=O)O[Si](C)(C)C)ccc1O[Si](C)(C)C. The van der Waals surface area contributed by atoms with Crippen molar-refractivity contribution < 1.29 is 18.4 Å². The quantitative estimate of drug-likeness (QED) is 0.573. The van der Waals surface area contributed by atoms with Gasteiger partial charge in [-0.3, -0.25) is 0 Å². The molecule has 0 spiro atoms. The Bertz CT molecular complexity index is 554. The molecule has 0 saturated carbocycles. The Morgan fingerprint density at radius 1 is 1.00 bits per heavy atom. The molecule has 0 unspecified atom stereocenters. The van der Waals surface area contributed by atoms with Crippen LogP contribution >= 0.6 is 0 Å². The van der Waals surface area contributed by atoms with Gasteiger partial charge in [0.05, 0.1) is 7.11 Å². The molecule has 0 amide bonds. The van der Waals surface area contributed by atoms with Gasteiger partial charge < -0.3 is 13.6 Å². The van der Waals surface area contributed by atoms with Crippen LogP contribution in [0.1, 0.15) is 5.56 Å². The average molecular weight is 339 g/mol. The monoisotopic (exact) mass is 338 g/mol. The molecule has 0 bridgehead atoms. The van der Waals surface area contributed by atoms with Crippen molar-refractivity contribution in [2.45, 2.75) is 39.3 Å². The smallest absolute Gasteiger partial charge is 0.317 e. The molecule has 0 aliphatic rings. The Hall–Kier alpha value is -1.54. The maximum atomic E-state index is 11.7. The molecule has 0 radical (unpaired) electrons. The minimum atomic E-state index is -1.85. The van der Waals surface area contributed by atoms with Gasteiger partial charge in [0.25, 0.3) is 0 Å². The third kappa shape index (κ3) is 6.95. The van der Waals surface area contributed by atoms with Crippen molar-refractivity contribution in [2.75, 3.05) is 7.11 Å². The van der Waals surface area contributed by atoms with E-state index < -0.39 is 16.6 Å². The van der Waals surface area contributed by atoms with Crippen molar-refractivity contribution in [1.29, 1.82) is 0 Å². The fourth-order valence-corrected chi connectivity index (χ4v) is 3.20. The van der Waals surface area contributed by atoms with E-state index in [1.165, 1.54) is 6.08 Å². The Morgan fingerprint density at radius 3 is 2.14 bits per heavy atom. The van der Waals surface area contributed by atoms with Gasteiger partial charge in [-0.15, -0.1) is 0 Å². The van der Waals surface area contributed by atoms with Crippen LogP contribution in [0.5, 0.6) is 11.5 Å². The lowest BCUT2D eigenvalue weighted by atomic mass is 10.2.